The third-order valence-electron chi connectivity index (χ3n) is 2.71. The van der Waals surface area contributed by atoms with Crippen LogP contribution >= 0.6 is 11.6 Å². The third-order valence-corrected chi connectivity index (χ3v) is 5.27. The van der Waals surface area contributed by atoms with Crippen LogP contribution in [0.5, 0.6) is 0 Å². The fraction of sp³-hybridized carbons (Fsp3) is 0.538. The molecule has 1 unspecified atom stereocenters. The Morgan fingerprint density at radius 3 is 2.29 bits per heavy atom. The Balaban J connectivity index is 2.96. The van der Waals surface area contributed by atoms with Crippen molar-refractivity contribution in [3.8, 4) is 0 Å². The van der Waals surface area contributed by atoms with Gasteiger partial charge in [0.15, 0.2) is 0 Å². The van der Waals surface area contributed by atoms with Gasteiger partial charge in [-0.05, 0) is 11.5 Å². The summed E-state index contributed by atoms with van der Waals surface area (Å²) in [6.45, 7) is -0.226. The zero-order valence-corrected chi connectivity index (χ0v) is 13.0. The topological polar surface area (TPSA) is 37.4 Å². The number of hydrogen-bond acceptors (Lipinski definition) is 2. The standard InChI is InChI=1S/C13H17ClF3NO2S/c1-11(7-14)9-21(19,20)18(10-13(15,16)17)8-12-5-3-2-4-6-12/h2-6,11H,7-10H2,1H3. The SMILES string of the molecule is CC(CCl)CS(=O)(=O)N(Cc1ccccc1)CC(F)(F)F. The van der Waals surface area contributed by atoms with E-state index in [0.29, 0.717) is 9.87 Å². The molecule has 1 atom stereocenters. The van der Waals surface area contributed by atoms with Crippen molar-refractivity contribution in [3.05, 3.63) is 35.9 Å². The molecular formula is C13H17ClF3NO2S. The van der Waals surface area contributed by atoms with Crippen molar-refractivity contribution in [1.29, 1.82) is 0 Å². The van der Waals surface area contributed by atoms with Crippen LogP contribution < -0.4 is 0 Å². The van der Waals surface area contributed by atoms with Gasteiger partial charge in [0.25, 0.3) is 0 Å². The van der Waals surface area contributed by atoms with Gasteiger partial charge >= 0.3 is 6.18 Å². The molecule has 0 aliphatic carbocycles. The molecule has 0 N–H and O–H groups in total. The Hall–Kier alpha value is -0.790. The summed E-state index contributed by atoms with van der Waals surface area (Å²) >= 11 is 5.55. The third kappa shape index (κ3) is 6.67. The number of benzene rings is 1. The minimum atomic E-state index is -4.59. The van der Waals surface area contributed by atoms with Crippen LogP contribution in [0.1, 0.15) is 12.5 Å². The van der Waals surface area contributed by atoms with Crippen LogP contribution in [0.2, 0.25) is 0 Å². The highest BCUT2D eigenvalue weighted by atomic mass is 35.5. The molecule has 0 radical (unpaired) electrons. The summed E-state index contributed by atoms with van der Waals surface area (Å²) in [5.41, 5.74) is 0.504. The van der Waals surface area contributed by atoms with Gasteiger partial charge in [-0.3, -0.25) is 0 Å². The number of rotatable bonds is 7. The largest absolute Gasteiger partial charge is 0.402 e. The highest BCUT2D eigenvalue weighted by molar-refractivity contribution is 7.89. The van der Waals surface area contributed by atoms with Gasteiger partial charge in [0.05, 0.1) is 5.75 Å². The first kappa shape index (κ1) is 18.3. The highest BCUT2D eigenvalue weighted by Gasteiger charge is 2.36. The van der Waals surface area contributed by atoms with Crippen molar-refractivity contribution in [3.63, 3.8) is 0 Å². The van der Waals surface area contributed by atoms with E-state index in [1.807, 2.05) is 0 Å². The summed E-state index contributed by atoms with van der Waals surface area (Å²) in [4.78, 5) is 0. The number of nitrogens with zero attached hydrogens (tertiary/aromatic N) is 1. The first-order valence-electron chi connectivity index (χ1n) is 6.28. The maximum atomic E-state index is 12.6. The van der Waals surface area contributed by atoms with Crippen LogP contribution in [0.3, 0.4) is 0 Å². The summed E-state index contributed by atoms with van der Waals surface area (Å²) in [6, 6.07) is 8.18. The molecule has 0 amide bonds. The lowest BCUT2D eigenvalue weighted by molar-refractivity contribution is -0.136. The van der Waals surface area contributed by atoms with E-state index in [2.05, 4.69) is 0 Å². The second kappa shape index (κ2) is 7.47. The predicted molar refractivity (Wildman–Crippen MR) is 76.6 cm³/mol. The van der Waals surface area contributed by atoms with Crippen LogP contribution in [-0.2, 0) is 16.6 Å². The van der Waals surface area contributed by atoms with Crippen molar-refractivity contribution in [1.82, 2.24) is 4.31 Å². The van der Waals surface area contributed by atoms with Gasteiger partial charge in [0.1, 0.15) is 6.54 Å². The number of hydrogen-bond donors (Lipinski definition) is 0. The summed E-state index contributed by atoms with van der Waals surface area (Å²) in [5.74, 6) is -0.743. The zero-order valence-electron chi connectivity index (χ0n) is 11.5. The molecule has 8 heteroatoms. The first-order valence-corrected chi connectivity index (χ1v) is 8.43. The normalized spacial score (nSPS) is 14.4. The summed E-state index contributed by atoms with van der Waals surface area (Å²) < 4.78 is 62.6. The van der Waals surface area contributed by atoms with Crippen LogP contribution in [0.15, 0.2) is 30.3 Å². The van der Waals surface area contributed by atoms with Gasteiger partial charge in [0.2, 0.25) is 10.0 Å². The molecule has 0 aliphatic heterocycles. The summed E-state index contributed by atoms with van der Waals surface area (Å²) in [5, 5.41) is 0. The van der Waals surface area contributed by atoms with Gasteiger partial charge in [-0.2, -0.15) is 17.5 Å². The van der Waals surface area contributed by atoms with E-state index in [1.54, 1.807) is 37.3 Å². The Labute approximate surface area is 127 Å². The molecule has 120 valence electrons. The Kier molecular flexibility index (Phi) is 6.49. The van der Waals surface area contributed by atoms with Crippen LogP contribution in [0.4, 0.5) is 13.2 Å². The maximum Gasteiger partial charge on any atom is 0.402 e. The van der Waals surface area contributed by atoms with E-state index in [0.717, 1.165) is 0 Å². The number of sulfonamides is 1. The molecule has 1 aromatic rings. The van der Waals surface area contributed by atoms with Crippen molar-refractivity contribution < 1.29 is 21.6 Å². The molecule has 0 aromatic heterocycles. The number of halogens is 4. The summed E-state index contributed by atoms with van der Waals surface area (Å²) in [7, 11) is -4.04. The van der Waals surface area contributed by atoms with Gasteiger partial charge in [-0.15, -0.1) is 11.6 Å². The molecule has 21 heavy (non-hydrogen) atoms. The van der Waals surface area contributed by atoms with E-state index < -0.39 is 34.4 Å². The number of alkyl halides is 4. The molecule has 1 aromatic carbocycles. The van der Waals surface area contributed by atoms with Crippen molar-refractivity contribution in [2.45, 2.75) is 19.6 Å². The molecule has 0 heterocycles. The van der Waals surface area contributed by atoms with E-state index in [1.165, 1.54) is 0 Å². The predicted octanol–water partition coefficient (Wildman–Crippen LogP) is 3.26. The molecule has 3 nitrogen and oxygen atoms in total. The average molecular weight is 344 g/mol. The lowest BCUT2D eigenvalue weighted by Gasteiger charge is -2.24. The second-order valence-corrected chi connectivity index (χ2v) is 7.23. The fourth-order valence-corrected chi connectivity index (χ4v) is 3.72. The molecule has 0 fully saturated rings. The van der Waals surface area contributed by atoms with Gasteiger partial charge < -0.3 is 0 Å². The lowest BCUT2D eigenvalue weighted by atomic mass is 10.2. The molecule has 0 saturated carbocycles. The van der Waals surface area contributed by atoms with Crippen LogP contribution in [0.25, 0.3) is 0 Å². The fourth-order valence-electron chi connectivity index (χ4n) is 1.75. The quantitative estimate of drug-likeness (QED) is 0.713. The highest BCUT2D eigenvalue weighted by Crippen LogP contribution is 2.22. The Bertz CT molecular complexity index is 534. The minimum absolute atomic E-state index is 0.0738. The molecule has 0 bridgehead atoms. The zero-order chi connectivity index (χ0) is 16.1. The van der Waals surface area contributed by atoms with Crippen molar-refractivity contribution in [2.75, 3.05) is 18.2 Å². The second-order valence-electron chi connectivity index (χ2n) is 4.91. The molecule has 1 rings (SSSR count). The van der Waals surface area contributed by atoms with Crippen LogP contribution in [0, 0.1) is 5.92 Å². The molecular weight excluding hydrogens is 327 g/mol. The maximum absolute atomic E-state index is 12.6. The Morgan fingerprint density at radius 2 is 1.81 bits per heavy atom. The van der Waals surface area contributed by atoms with E-state index >= 15 is 0 Å². The van der Waals surface area contributed by atoms with Gasteiger partial charge in [-0.25, -0.2) is 8.42 Å². The van der Waals surface area contributed by atoms with Gasteiger partial charge in [0, 0.05) is 12.4 Å². The Morgan fingerprint density at radius 1 is 1.24 bits per heavy atom. The van der Waals surface area contributed by atoms with Gasteiger partial charge in [-0.1, -0.05) is 37.3 Å². The van der Waals surface area contributed by atoms with E-state index in [-0.39, 0.29) is 12.4 Å². The van der Waals surface area contributed by atoms with Crippen molar-refractivity contribution in [2.24, 2.45) is 5.92 Å². The molecule has 0 spiro atoms. The smallest absolute Gasteiger partial charge is 0.212 e. The minimum Gasteiger partial charge on any atom is -0.212 e. The molecule has 0 aliphatic rings. The van der Waals surface area contributed by atoms with E-state index in [4.69, 9.17) is 11.6 Å². The van der Waals surface area contributed by atoms with Crippen molar-refractivity contribution >= 4 is 21.6 Å². The summed E-state index contributed by atoms with van der Waals surface area (Å²) in [6.07, 6.45) is -4.59. The molecule has 0 saturated heterocycles. The monoisotopic (exact) mass is 343 g/mol. The lowest BCUT2D eigenvalue weighted by Crippen LogP contribution is -2.40. The van der Waals surface area contributed by atoms with Crippen LogP contribution in [-0.4, -0.2) is 37.1 Å². The van der Waals surface area contributed by atoms with E-state index in [9.17, 15) is 21.6 Å². The first-order chi connectivity index (χ1) is 9.64. The average Bonchev–Trinajstić information content (AvgIpc) is 2.37.